The highest BCUT2D eigenvalue weighted by Crippen LogP contribution is 2.25. The smallest absolute Gasteiger partial charge is 0.224 e. The predicted molar refractivity (Wildman–Crippen MR) is 77.0 cm³/mol. The molecule has 1 heterocycles. The van der Waals surface area contributed by atoms with Crippen LogP contribution in [0.3, 0.4) is 0 Å². The topological polar surface area (TPSA) is 35.0 Å². The fourth-order valence-corrected chi connectivity index (χ4v) is 2.05. The summed E-state index contributed by atoms with van der Waals surface area (Å²) >= 11 is 5.99. The normalized spacial score (nSPS) is 10.5. The van der Waals surface area contributed by atoms with Gasteiger partial charge in [0, 0.05) is 12.5 Å². The van der Waals surface area contributed by atoms with Crippen LogP contribution in [0.5, 0.6) is 11.6 Å². The van der Waals surface area contributed by atoms with Gasteiger partial charge < -0.3 is 4.74 Å². The molecule has 0 bridgehead atoms. The lowest BCUT2D eigenvalue weighted by Gasteiger charge is -2.09. The first-order valence-electron chi connectivity index (χ1n) is 6.37. The van der Waals surface area contributed by atoms with Crippen LogP contribution in [0.2, 0.25) is 5.15 Å². The number of benzene rings is 1. The van der Waals surface area contributed by atoms with Crippen LogP contribution in [-0.4, -0.2) is 9.97 Å². The predicted octanol–water partition coefficient (Wildman–Crippen LogP) is 4.49. The molecule has 2 aromatic rings. The van der Waals surface area contributed by atoms with Gasteiger partial charge in [0.15, 0.2) is 0 Å². The Morgan fingerprint density at radius 2 is 1.95 bits per heavy atom. The van der Waals surface area contributed by atoms with Gasteiger partial charge in [-0.3, -0.25) is 0 Å². The molecule has 0 fully saturated rings. The molecule has 100 valence electrons. The average Bonchev–Trinajstić information content (AvgIpc) is 2.32. The summed E-state index contributed by atoms with van der Waals surface area (Å²) in [6.45, 7) is 6.14. The summed E-state index contributed by atoms with van der Waals surface area (Å²) < 4.78 is 5.80. The van der Waals surface area contributed by atoms with Crippen LogP contribution in [0.1, 0.15) is 30.3 Å². The minimum atomic E-state index is 0.415. The second kappa shape index (κ2) is 6.02. The van der Waals surface area contributed by atoms with Crippen molar-refractivity contribution in [2.75, 3.05) is 0 Å². The van der Waals surface area contributed by atoms with Crippen molar-refractivity contribution in [3.8, 4) is 11.6 Å². The molecule has 19 heavy (non-hydrogen) atoms. The minimum absolute atomic E-state index is 0.415. The molecule has 0 spiro atoms. The van der Waals surface area contributed by atoms with Crippen molar-refractivity contribution in [2.45, 2.75) is 33.6 Å². The number of hydrogen-bond acceptors (Lipinski definition) is 3. The molecule has 2 rings (SSSR count). The number of aromatic nitrogens is 2. The van der Waals surface area contributed by atoms with Crippen molar-refractivity contribution in [3.63, 3.8) is 0 Å². The largest absolute Gasteiger partial charge is 0.439 e. The summed E-state index contributed by atoms with van der Waals surface area (Å²) in [5.74, 6) is 2.01. The zero-order valence-corrected chi connectivity index (χ0v) is 12.2. The van der Waals surface area contributed by atoms with Crippen LogP contribution in [0.15, 0.2) is 24.3 Å². The van der Waals surface area contributed by atoms with Crippen molar-refractivity contribution in [2.24, 2.45) is 0 Å². The number of ether oxygens (including phenoxy) is 1. The summed E-state index contributed by atoms with van der Waals surface area (Å²) in [6.07, 6.45) is 1.77. The van der Waals surface area contributed by atoms with E-state index < -0.39 is 0 Å². The molecule has 0 saturated carbocycles. The molecule has 0 N–H and O–H groups in total. The first-order valence-corrected chi connectivity index (χ1v) is 6.75. The molecule has 0 aliphatic carbocycles. The highest BCUT2D eigenvalue weighted by atomic mass is 35.5. The molecule has 0 aliphatic heterocycles. The molecule has 3 nitrogen and oxygen atoms in total. The molecule has 0 amide bonds. The van der Waals surface area contributed by atoms with Gasteiger partial charge in [-0.1, -0.05) is 36.2 Å². The third-order valence-electron chi connectivity index (χ3n) is 2.74. The van der Waals surface area contributed by atoms with Crippen LogP contribution in [-0.2, 0) is 6.42 Å². The highest BCUT2D eigenvalue weighted by Gasteiger charge is 2.07. The van der Waals surface area contributed by atoms with E-state index in [0.29, 0.717) is 11.0 Å². The number of aryl methyl sites for hydroxylation is 3. The fraction of sp³-hybridized carbons (Fsp3) is 0.333. The first-order chi connectivity index (χ1) is 9.08. The number of rotatable bonds is 4. The Morgan fingerprint density at radius 1 is 1.16 bits per heavy atom. The van der Waals surface area contributed by atoms with Gasteiger partial charge in [-0.2, -0.15) is 4.98 Å². The average molecular weight is 277 g/mol. The molecular weight excluding hydrogens is 260 g/mol. The number of nitrogens with zero attached hydrogens (tertiary/aromatic N) is 2. The van der Waals surface area contributed by atoms with Crippen molar-refractivity contribution < 1.29 is 4.74 Å². The van der Waals surface area contributed by atoms with Crippen molar-refractivity contribution in [1.29, 1.82) is 0 Å². The van der Waals surface area contributed by atoms with E-state index in [-0.39, 0.29) is 0 Å². The zero-order chi connectivity index (χ0) is 13.8. The van der Waals surface area contributed by atoms with Gasteiger partial charge in [0.05, 0.1) is 0 Å². The van der Waals surface area contributed by atoms with E-state index in [9.17, 15) is 0 Å². The second-order valence-corrected chi connectivity index (χ2v) is 4.95. The molecule has 1 aromatic carbocycles. The second-order valence-electron chi connectivity index (χ2n) is 4.57. The Morgan fingerprint density at radius 3 is 2.63 bits per heavy atom. The third kappa shape index (κ3) is 3.67. The van der Waals surface area contributed by atoms with E-state index >= 15 is 0 Å². The Kier molecular flexibility index (Phi) is 4.38. The minimum Gasteiger partial charge on any atom is -0.439 e. The maximum Gasteiger partial charge on any atom is 0.224 e. The summed E-state index contributed by atoms with van der Waals surface area (Å²) in [6, 6.07) is 7.67. The fourth-order valence-electron chi connectivity index (χ4n) is 1.86. The first kappa shape index (κ1) is 13.8. The summed E-state index contributed by atoms with van der Waals surface area (Å²) in [4.78, 5) is 8.54. The summed E-state index contributed by atoms with van der Waals surface area (Å²) in [5, 5.41) is 0.415. The lowest BCUT2D eigenvalue weighted by Crippen LogP contribution is -1.98. The van der Waals surface area contributed by atoms with Crippen LogP contribution in [0, 0.1) is 13.8 Å². The lowest BCUT2D eigenvalue weighted by molar-refractivity contribution is 0.455. The standard InChI is InChI=1S/C15H17ClN2O/c1-4-5-14-17-13(16)9-15(18-14)19-12-7-6-10(2)8-11(12)3/h6-9H,4-5H2,1-3H3. The molecular formula is C15H17ClN2O. The van der Waals surface area contributed by atoms with Crippen molar-refractivity contribution in [3.05, 3.63) is 46.4 Å². The Bertz CT molecular complexity index is 584. The van der Waals surface area contributed by atoms with Crippen LogP contribution < -0.4 is 4.74 Å². The van der Waals surface area contributed by atoms with E-state index in [4.69, 9.17) is 16.3 Å². The summed E-state index contributed by atoms with van der Waals surface area (Å²) in [7, 11) is 0. The van der Waals surface area contributed by atoms with Crippen molar-refractivity contribution >= 4 is 11.6 Å². The van der Waals surface area contributed by atoms with Gasteiger partial charge in [0.2, 0.25) is 5.88 Å². The van der Waals surface area contributed by atoms with Crippen LogP contribution >= 0.6 is 11.6 Å². The maximum absolute atomic E-state index is 5.99. The van der Waals surface area contributed by atoms with E-state index in [2.05, 4.69) is 29.9 Å². The van der Waals surface area contributed by atoms with Gasteiger partial charge in [-0.05, 0) is 31.9 Å². The maximum atomic E-state index is 5.99. The van der Waals surface area contributed by atoms with Gasteiger partial charge in [-0.25, -0.2) is 4.98 Å². The third-order valence-corrected chi connectivity index (χ3v) is 2.93. The quantitative estimate of drug-likeness (QED) is 0.772. The molecule has 0 aliphatic rings. The van der Waals surface area contributed by atoms with Crippen LogP contribution in [0.4, 0.5) is 0 Å². The molecule has 0 unspecified atom stereocenters. The van der Waals surface area contributed by atoms with Gasteiger partial charge in [-0.15, -0.1) is 0 Å². The Labute approximate surface area is 118 Å². The summed E-state index contributed by atoms with van der Waals surface area (Å²) in [5.41, 5.74) is 2.28. The highest BCUT2D eigenvalue weighted by molar-refractivity contribution is 6.29. The Balaban J connectivity index is 2.27. The molecule has 0 atom stereocenters. The molecule has 4 heteroatoms. The van der Waals surface area contributed by atoms with E-state index in [0.717, 1.165) is 30.0 Å². The zero-order valence-electron chi connectivity index (χ0n) is 11.4. The SMILES string of the molecule is CCCc1nc(Cl)cc(Oc2ccc(C)cc2C)n1. The van der Waals surface area contributed by atoms with Gasteiger partial charge in [0.1, 0.15) is 16.7 Å². The molecule has 0 saturated heterocycles. The molecule has 0 radical (unpaired) electrons. The van der Waals surface area contributed by atoms with E-state index in [1.54, 1.807) is 6.07 Å². The lowest BCUT2D eigenvalue weighted by atomic mass is 10.1. The van der Waals surface area contributed by atoms with Crippen LogP contribution in [0.25, 0.3) is 0 Å². The monoisotopic (exact) mass is 276 g/mol. The molecule has 1 aromatic heterocycles. The van der Waals surface area contributed by atoms with E-state index in [1.165, 1.54) is 5.56 Å². The van der Waals surface area contributed by atoms with Crippen molar-refractivity contribution in [1.82, 2.24) is 9.97 Å². The Hall–Kier alpha value is -1.61. The number of halogens is 1. The van der Waals surface area contributed by atoms with E-state index in [1.807, 2.05) is 19.1 Å². The van der Waals surface area contributed by atoms with Gasteiger partial charge >= 0.3 is 0 Å². The number of hydrogen-bond donors (Lipinski definition) is 0. The van der Waals surface area contributed by atoms with Gasteiger partial charge in [0.25, 0.3) is 0 Å².